The standard InChI is InChI=1S/C14H12BrNO4/c1-2-19-14(18)9-4-3-5-10(8-9)16-13(17)11-6-7-12(15)20-11/h3-8H,2H2,1H3,(H,16,17). The zero-order valence-corrected chi connectivity index (χ0v) is 12.3. The van der Waals surface area contributed by atoms with Crippen LogP contribution in [-0.4, -0.2) is 18.5 Å². The summed E-state index contributed by atoms with van der Waals surface area (Å²) in [6, 6.07) is 9.70. The monoisotopic (exact) mass is 337 g/mol. The van der Waals surface area contributed by atoms with E-state index in [-0.39, 0.29) is 5.76 Å². The molecule has 0 saturated carbocycles. The number of amides is 1. The largest absolute Gasteiger partial charge is 0.462 e. The van der Waals surface area contributed by atoms with Crippen LogP contribution < -0.4 is 5.32 Å². The van der Waals surface area contributed by atoms with Gasteiger partial charge in [0.1, 0.15) is 0 Å². The molecule has 0 bridgehead atoms. The Morgan fingerprint density at radius 2 is 2.10 bits per heavy atom. The summed E-state index contributed by atoms with van der Waals surface area (Å²) < 4.78 is 10.5. The number of carbonyl (C=O) groups is 2. The van der Waals surface area contributed by atoms with Crippen molar-refractivity contribution >= 4 is 33.5 Å². The molecule has 1 amide bonds. The van der Waals surface area contributed by atoms with Crippen molar-refractivity contribution in [2.75, 3.05) is 11.9 Å². The van der Waals surface area contributed by atoms with Gasteiger partial charge in [0.2, 0.25) is 0 Å². The molecule has 5 nitrogen and oxygen atoms in total. The Balaban J connectivity index is 2.12. The maximum absolute atomic E-state index is 11.9. The number of rotatable bonds is 4. The Kier molecular flexibility index (Phi) is 4.57. The van der Waals surface area contributed by atoms with Crippen LogP contribution in [0.2, 0.25) is 0 Å². The number of hydrogen-bond donors (Lipinski definition) is 1. The fourth-order valence-electron chi connectivity index (χ4n) is 1.57. The molecule has 0 saturated heterocycles. The molecular formula is C14H12BrNO4. The molecule has 2 aromatic rings. The number of anilines is 1. The Morgan fingerprint density at radius 3 is 2.75 bits per heavy atom. The van der Waals surface area contributed by atoms with Crippen LogP contribution in [0.5, 0.6) is 0 Å². The molecule has 1 N–H and O–H groups in total. The first-order valence-electron chi connectivity index (χ1n) is 5.94. The normalized spacial score (nSPS) is 10.1. The van der Waals surface area contributed by atoms with Crippen LogP contribution in [0.4, 0.5) is 5.69 Å². The van der Waals surface area contributed by atoms with E-state index in [1.165, 1.54) is 0 Å². The van der Waals surface area contributed by atoms with Crippen LogP contribution in [0.1, 0.15) is 27.8 Å². The summed E-state index contributed by atoms with van der Waals surface area (Å²) >= 11 is 3.13. The van der Waals surface area contributed by atoms with Gasteiger partial charge in [-0.05, 0) is 53.2 Å². The second-order valence-corrected chi connectivity index (χ2v) is 4.64. The first-order valence-corrected chi connectivity index (χ1v) is 6.73. The molecule has 0 spiro atoms. The van der Waals surface area contributed by atoms with Crippen molar-refractivity contribution in [3.05, 3.63) is 52.4 Å². The average Bonchev–Trinajstić information content (AvgIpc) is 2.86. The highest BCUT2D eigenvalue weighted by Crippen LogP contribution is 2.17. The molecule has 0 aliphatic heterocycles. The summed E-state index contributed by atoms with van der Waals surface area (Å²) in [5.74, 6) is -0.639. The maximum atomic E-state index is 11.9. The topological polar surface area (TPSA) is 68.5 Å². The number of nitrogens with one attached hydrogen (secondary N) is 1. The van der Waals surface area contributed by atoms with E-state index in [2.05, 4.69) is 21.2 Å². The minimum absolute atomic E-state index is 0.179. The summed E-state index contributed by atoms with van der Waals surface area (Å²) in [5, 5.41) is 2.65. The molecule has 0 aliphatic rings. The highest BCUT2D eigenvalue weighted by molar-refractivity contribution is 9.10. The van der Waals surface area contributed by atoms with Gasteiger partial charge in [-0.2, -0.15) is 0 Å². The number of esters is 1. The van der Waals surface area contributed by atoms with E-state index in [9.17, 15) is 9.59 Å². The predicted molar refractivity (Wildman–Crippen MR) is 76.8 cm³/mol. The van der Waals surface area contributed by atoms with Crippen molar-refractivity contribution in [2.45, 2.75) is 6.92 Å². The van der Waals surface area contributed by atoms with Gasteiger partial charge in [-0.1, -0.05) is 6.07 Å². The molecule has 0 unspecified atom stereocenters. The lowest BCUT2D eigenvalue weighted by molar-refractivity contribution is 0.0526. The molecule has 0 fully saturated rings. The van der Waals surface area contributed by atoms with Crippen LogP contribution in [0.15, 0.2) is 45.5 Å². The van der Waals surface area contributed by atoms with Gasteiger partial charge in [-0.25, -0.2) is 4.79 Å². The van der Waals surface area contributed by atoms with E-state index in [1.807, 2.05) is 0 Å². The third-order valence-electron chi connectivity index (χ3n) is 2.43. The van der Waals surface area contributed by atoms with Gasteiger partial charge in [-0.3, -0.25) is 4.79 Å². The first kappa shape index (κ1) is 14.3. The van der Waals surface area contributed by atoms with Gasteiger partial charge in [0.05, 0.1) is 12.2 Å². The highest BCUT2D eigenvalue weighted by Gasteiger charge is 2.12. The molecule has 1 aromatic carbocycles. The Morgan fingerprint density at radius 1 is 1.30 bits per heavy atom. The Bertz CT molecular complexity index is 636. The van der Waals surface area contributed by atoms with Gasteiger partial charge < -0.3 is 14.5 Å². The Labute approximate surface area is 124 Å². The van der Waals surface area contributed by atoms with Gasteiger partial charge in [0.15, 0.2) is 10.4 Å². The number of carbonyl (C=O) groups excluding carboxylic acids is 2. The van der Waals surface area contributed by atoms with E-state index in [0.717, 1.165) is 0 Å². The molecule has 0 aliphatic carbocycles. The number of ether oxygens (including phenoxy) is 1. The van der Waals surface area contributed by atoms with E-state index >= 15 is 0 Å². The number of halogens is 1. The van der Waals surface area contributed by atoms with Gasteiger partial charge in [0.25, 0.3) is 5.91 Å². The molecule has 20 heavy (non-hydrogen) atoms. The smallest absolute Gasteiger partial charge is 0.338 e. The van der Waals surface area contributed by atoms with Crippen molar-refractivity contribution in [3.63, 3.8) is 0 Å². The zero-order chi connectivity index (χ0) is 14.5. The van der Waals surface area contributed by atoms with E-state index < -0.39 is 11.9 Å². The average molecular weight is 338 g/mol. The van der Waals surface area contributed by atoms with Crippen molar-refractivity contribution in [1.82, 2.24) is 0 Å². The van der Waals surface area contributed by atoms with Gasteiger partial charge in [-0.15, -0.1) is 0 Å². The fraction of sp³-hybridized carbons (Fsp3) is 0.143. The van der Waals surface area contributed by atoms with Crippen LogP contribution in [0.25, 0.3) is 0 Å². The van der Waals surface area contributed by atoms with E-state index in [0.29, 0.717) is 22.5 Å². The number of benzene rings is 1. The second-order valence-electron chi connectivity index (χ2n) is 3.86. The molecule has 0 radical (unpaired) electrons. The first-order chi connectivity index (χ1) is 9.60. The molecule has 1 aromatic heterocycles. The zero-order valence-electron chi connectivity index (χ0n) is 10.7. The van der Waals surface area contributed by atoms with Crippen molar-refractivity contribution in [3.8, 4) is 0 Å². The number of hydrogen-bond acceptors (Lipinski definition) is 4. The van der Waals surface area contributed by atoms with Gasteiger partial charge in [0, 0.05) is 5.69 Å². The molecule has 2 rings (SSSR count). The lowest BCUT2D eigenvalue weighted by Gasteiger charge is -2.06. The molecule has 6 heteroatoms. The minimum atomic E-state index is -0.427. The van der Waals surface area contributed by atoms with Crippen LogP contribution in [0, 0.1) is 0 Å². The summed E-state index contributed by atoms with van der Waals surface area (Å²) in [5.41, 5.74) is 0.873. The molecular weight excluding hydrogens is 326 g/mol. The van der Waals surface area contributed by atoms with E-state index in [1.54, 1.807) is 43.3 Å². The highest BCUT2D eigenvalue weighted by atomic mass is 79.9. The van der Waals surface area contributed by atoms with Crippen LogP contribution in [0.3, 0.4) is 0 Å². The summed E-state index contributed by atoms with van der Waals surface area (Å²) in [7, 11) is 0. The second kappa shape index (κ2) is 6.38. The van der Waals surface area contributed by atoms with Crippen molar-refractivity contribution in [2.24, 2.45) is 0 Å². The van der Waals surface area contributed by atoms with Gasteiger partial charge >= 0.3 is 5.97 Å². The molecule has 1 heterocycles. The lowest BCUT2D eigenvalue weighted by Crippen LogP contribution is -2.12. The SMILES string of the molecule is CCOC(=O)c1cccc(NC(=O)c2ccc(Br)o2)c1. The van der Waals surface area contributed by atoms with Crippen molar-refractivity contribution in [1.29, 1.82) is 0 Å². The van der Waals surface area contributed by atoms with Crippen LogP contribution in [-0.2, 0) is 4.74 Å². The van der Waals surface area contributed by atoms with Crippen LogP contribution >= 0.6 is 15.9 Å². The molecule has 104 valence electrons. The summed E-state index contributed by atoms with van der Waals surface area (Å²) in [4.78, 5) is 23.5. The maximum Gasteiger partial charge on any atom is 0.338 e. The minimum Gasteiger partial charge on any atom is -0.462 e. The number of furan rings is 1. The fourth-order valence-corrected chi connectivity index (χ4v) is 1.87. The Hall–Kier alpha value is -2.08. The van der Waals surface area contributed by atoms with E-state index in [4.69, 9.17) is 9.15 Å². The third kappa shape index (κ3) is 3.48. The molecule has 0 atom stereocenters. The summed E-state index contributed by atoms with van der Waals surface area (Å²) in [6.45, 7) is 2.04. The lowest BCUT2D eigenvalue weighted by atomic mass is 10.2. The predicted octanol–water partition coefficient (Wildman–Crippen LogP) is 3.47. The summed E-state index contributed by atoms with van der Waals surface area (Å²) in [6.07, 6.45) is 0. The van der Waals surface area contributed by atoms with Crippen molar-refractivity contribution < 1.29 is 18.7 Å². The quantitative estimate of drug-likeness (QED) is 0.867. The third-order valence-corrected chi connectivity index (χ3v) is 2.85.